The molecule has 0 aromatic heterocycles. The summed E-state index contributed by atoms with van der Waals surface area (Å²) < 4.78 is 50.5. The Balaban J connectivity index is 2.47. The third kappa shape index (κ3) is 2.52. The third-order valence-electron chi connectivity index (χ3n) is 3.89. The predicted octanol–water partition coefficient (Wildman–Crippen LogP) is 2.59. The number of hydrogen-bond acceptors (Lipinski definition) is 3. The minimum Gasteiger partial charge on any atom is -0.399 e. The Kier molecular flexibility index (Phi) is 3.34. The van der Waals surface area contributed by atoms with Crippen LogP contribution in [0.2, 0.25) is 0 Å². The van der Waals surface area contributed by atoms with Crippen molar-refractivity contribution in [1.82, 2.24) is 0 Å². The van der Waals surface area contributed by atoms with E-state index in [4.69, 9.17) is 15.0 Å². The van der Waals surface area contributed by atoms with Crippen LogP contribution in [0.5, 0.6) is 0 Å². The maximum absolute atomic E-state index is 13.1. The molecule has 1 aromatic rings. The predicted molar refractivity (Wildman–Crippen MR) is 71.6 cm³/mol. The van der Waals surface area contributed by atoms with E-state index >= 15 is 0 Å². The standard InChI is InChI=1S/C13H17BF3NO2/c1-11(2)12(3,4)20-14(19-11)10-7-8(18)5-6-9(10)13(15,16)17/h5-7H,18H2,1-4H3. The van der Waals surface area contributed by atoms with Crippen LogP contribution in [0.15, 0.2) is 18.2 Å². The van der Waals surface area contributed by atoms with Crippen LogP contribution in [-0.4, -0.2) is 18.3 Å². The highest BCUT2D eigenvalue weighted by atomic mass is 19.4. The molecule has 0 bridgehead atoms. The average Bonchev–Trinajstić information content (AvgIpc) is 2.46. The van der Waals surface area contributed by atoms with Crippen molar-refractivity contribution in [1.29, 1.82) is 0 Å². The van der Waals surface area contributed by atoms with Gasteiger partial charge < -0.3 is 15.0 Å². The van der Waals surface area contributed by atoms with Crippen molar-refractivity contribution in [2.24, 2.45) is 0 Å². The summed E-state index contributed by atoms with van der Waals surface area (Å²) in [5, 5.41) is 0. The van der Waals surface area contributed by atoms with Gasteiger partial charge in [-0.3, -0.25) is 0 Å². The largest absolute Gasteiger partial charge is 0.495 e. The molecule has 0 amide bonds. The lowest BCUT2D eigenvalue weighted by Crippen LogP contribution is -2.41. The van der Waals surface area contributed by atoms with Gasteiger partial charge in [0.05, 0.1) is 16.8 Å². The van der Waals surface area contributed by atoms with Gasteiger partial charge in [0.25, 0.3) is 0 Å². The summed E-state index contributed by atoms with van der Waals surface area (Å²) in [4.78, 5) is 0. The highest BCUT2D eigenvalue weighted by Crippen LogP contribution is 2.38. The van der Waals surface area contributed by atoms with Crippen LogP contribution in [0.3, 0.4) is 0 Å². The van der Waals surface area contributed by atoms with Gasteiger partial charge in [-0.1, -0.05) is 0 Å². The summed E-state index contributed by atoms with van der Waals surface area (Å²) >= 11 is 0. The zero-order valence-corrected chi connectivity index (χ0v) is 11.8. The van der Waals surface area contributed by atoms with E-state index in [1.807, 2.05) is 0 Å². The lowest BCUT2D eigenvalue weighted by Gasteiger charge is -2.32. The molecule has 7 heteroatoms. The molecule has 110 valence electrons. The van der Waals surface area contributed by atoms with E-state index in [2.05, 4.69) is 0 Å². The second kappa shape index (κ2) is 4.39. The first kappa shape index (κ1) is 15.2. The number of halogens is 3. The fraction of sp³-hybridized carbons (Fsp3) is 0.538. The van der Waals surface area contributed by atoms with Crippen LogP contribution in [-0.2, 0) is 15.5 Å². The van der Waals surface area contributed by atoms with Crippen molar-refractivity contribution >= 4 is 18.3 Å². The van der Waals surface area contributed by atoms with Gasteiger partial charge in [0.1, 0.15) is 0 Å². The summed E-state index contributed by atoms with van der Waals surface area (Å²) in [6.45, 7) is 7.14. The van der Waals surface area contributed by atoms with E-state index in [1.165, 1.54) is 12.1 Å². The molecule has 2 rings (SSSR count). The summed E-state index contributed by atoms with van der Waals surface area (Å²) in [7, 11) is -1.08. The van der Waals surface area contributed by atoms with E-state index in [-0.39, 0.29) is 11.2 Å². The van der Waals surface area contributed by atoms with Crippen LogP contribution in [0.4, 0.5) is 18.9 Å². The number of benzene rings is 1. The van der Waals surface area contributed by atoms with E-state index in [9.17, 15) is 13.2 Å². The molecule has 1 aliphatic rings. The van der Waals surface area contributed by atoms with Crippen molar-refractivity contribution in [2.45, 2.75) is 45.1 Å². The van der Waals surface area contributed by atoms with Crippen molar-refractivity contribution < 1.29 is 22.5 Å². The molecule has 0 aliphatic carbocycles. The van der Waals surface area contributed by atoms with Gasteiger partial charge in [-0.2, -0.15) is 13.2 Å². The molecule has 1 fully saturated rings. The normalized spacial score (nSPS) is 21.2. The van der Waals surface area contributed by atoms with Gasteiger partial charge in [-0.05, 0) is 51.4 Å². The lowest BCUT2D eigenvalue weighted by molar-refractivity contribution is -0.136. The molecule has 3 nitrogen and oxygen atoms in total. The van der Waals surface area contributed by atoms with E-state index in [1.54, 1.807) is 27.7 Å². The summed E-state index contributed by atoms with van der Waals surface area (Å²) in [6.07, 6.45) is -4.48. The molecule has 1 aliphatic heterocycles. The van der Waals surface area contributed by atoms with E-state index in [0.717, 1.165) is 6.07 Å². The summed E-state index contributed by atoms with van der Waals surface area (Å²) in [5.74, 6) is 0. The molecule has 2 N–H and O–H groups in total. The molecule has 0 atom stereocenters. The molecule has 0 unspecified atom stereocenters. The van der Waals surface area contributed by atoms with Crippen molar-refractivity contribution in [3.05, 3.63) is 23.8 Å². The Morgan fingerprint density at radius 3 is 2.00 bits per heavy atom. The van der Waals surface area contributed by atoms with Crippen LogP contribution >= 0.6 is 0 Å². The van der Waals surface area contributed by atoms with Crippen LogP contribution in [0.25, 0.3) is 0 Å². The molecular weight excluding hydrogens is 270 g/mol. The lowest BCUT2D eigenvalue weighted by atomic mass is 9.75. The summed E-state index contributed by atoms with van der Waals surface area (Å²) in [6, 6.07) is 3.43. The number of hydrogen-bond donors (Lipinski definition) is 1. The Morgan fingerprint density at radius 1 is 1.05 bits per heavy atom. The second-order valence-corrected chi connectivity index (χ2v) is 5.93. The number of nitrogens with two attached hydrogens (primary N) is 1. The molecule has 0 radical (unpaired) electrons. The van der Waals surface area contributed by atoms with Gasteiger partial charge in [-0.15, -0.1) is 0 Å². The van der Waals surface area contributed by atoms with Gasteiger partial charge in [0.2, 0.25) is 0 Å². The first-order valence-electron chi connectivity index (χ1n) is 6.26. The number of nitrogen functional groups attached to an aromatic ring is 1. The first-order chi connectivity index (χ1) is 8.94. The zero-order valence-electron chi connectivity index (χ0n) is 11.8. The van der Waals surface area contributed by atoms with Crippen LogP contribution < -0.4 is 11.2 Å². The number of anilines is 1. The minimum atomic E-state index is -4.48. The van der Waals surface area contributed by atoms with Gasteiger partial charge in [0.15, 0.2) is 0 Å². The highest BCUT2D eigenvalue weighted by Gasteiger charge is 2.53. The van der Waals surface area contributed by atoms with Crippen LogP contribution in [0.1, 0.15) is 33.3 Å². The van der Waals surface area contributed by atoms with Crippen LogP contribution in [0, 0.1) is 0 Å². The molecular formula is C13H17BF3NO2. The second-order valence-electron chi connectivity index (χ2n) is 5.93. The maximum Gasteiger partial charge on any atom is 0.495 e. The van der Waals surface area contributed by atoms with E-state index < -0.39 is 30.1 Å². The SMILES string of the molecule is CC1(C)OB(c2cc(N)ccc2C(F)(F)F)OC1(C)C. The zero-order chi connectivity index (χ0) is 15.3. The minimum absolute atomic E-state index is 0.0869. The average molecular weight is 287 g/mol. The Hall–Kier alpha value is -1.21. The molecule has 0 saturated carbocycles. The fourth-order valence-corrected chi connectivity index (χ4v) is 2.00. The van der Waals surface area contributed by atoms with Gasteiger partial charge in [-0.25, -0.2) is 0 Å². The van der Waals surface area contributed by atoms with E-state index in [0.29, 0.717) is 0 Å². The van der Waals surface area contributed by atoms with Crippen molar-refractivity contribution in [3.63, 3.8) is 0 Å². The third-order valence-corrected chi connectivity index (χ3v) is 3.89. The van der Waals surface area contributed by atoms with Gasteiger partial charge >= 0.3 is 13.3 Å². The van der Waals surface area contributed by atoms with Crippen molar-refractivity contribution in [2.75, 3.05) is 5.73 Å². The Labute approximate surface area is 116 Å². The summed E-state index contributed by atoms with van der Waals surface area (Å²) in [5.41, 5.74) is 3.55. The van der Waals surface area contributed by atoms with Gasteiger partial charge in [0, 0.05) is 5.69 Å². The number of rotatable bonds is 1. The number of alkyl halides is 3. The Morgan fingerprint density at radius 2 is 1.55 bits per heavy atom. The smallest absolute Gasteiger partial charge is 0.399 e. The topological polar surface area (TPSA) is 44.5 Å². The Bertz CT molecular complexity index is 513. The quantitative estimate of drug-likeness (QED) is 0.638. The van der Waals surface area contributed by atoms with Crippen molar-refractivity contribution in [3.8, 4) is 0 Å². The monoisotopic (exact) mass is 287 g/mol. The molecule has 20 heavy (non-hydrogen) atoms. The molecule has 1 saturated heterocycles. The molecule has 1 heterocycles. The fourth-order valence-electron chi connectivity index (χ4n) is 2.00. The maximum atomic E-state index is 13.1. The molecule has 1 aromatic carbocycles. The highest BCUT2D eigenvalue weighted by molar-refractivity contribution is 6.62. The molecule has 0 spiro atoms. The first-order valence-corrected chi connectivity index (χ1v) is 6.26.